The summed E-state index contributed by atoms with van der Waals surface area (Å²) >= 11 is 0. The number of halogens is 1. The minimum atomic E-state index is 0. The Bertz CT molecular complexity index is 428. The zero-order valence-electron chi connectivity index (χ0n) is 12.3. The summed E-state index contributed by atoms with van der Waals surface area (Å²) < 4.78 is 5.57. The summed E-state index contributed by atoms with van der Waals surface area (Å²) in [4.78, 5) is 14.2. The molecule has 0 saturated carbocycles. The number of nitrogens with zero attached hydrogens (tertiary/aromatic N) is 1. The average molecular weight is 299 g/mol. The zero-order valence-corrected chi connectivity index (χ0v) is 13.1. The molecule has 0 bridgehead atoms. The van der Waals surface area contributed by atoms with E-state index >= 15 is 0 Å². The Morgan fingerprint density at radius 2 is 2.00 bits per heavy atom. The molecule has 5 heteroatoms. The van der Waals surface area contributed by atoms with Gasteiger partial charge < -0.3 is 15.0 Å². The van der Waals surface area contributed by atoms with E-state index < -0.39 is 0 Å². The second kappa shape index (κ2) is 7.50. The molecule has 1 aliphatic heterocycles. The number of benzene rings is 1. The zero-order chi connectivity index (χ0) is 13.8. The minimum Gasteiger partial charge on any atom is -0.491 e. The molecule has 1 aromatic rings. The van der Waals surface area contributed by atoms with E-state index in [-0.39, 0.29) is 24.4 Å². The van der Waals surface area contributed by atoms with E-state index in [4.69, 9.17) is 4.74 Å². The van der Waals surface area contributed by atoms with Crippen molar-refractivity contribution >= 4 is 18.3 Å². The molecule has 1 aromatic carbocycles. The molecule has 1 aliphatic rings. The summed E-state index contributed by atoms with van der Waals surface area (Å²) in [6.45, 7) is 5.85. The SMILES string of the molecule is CC(C)Oc1ccc(C(=O)N(C)[C@H]2CCNC2)cc1.Cl. The lowest BCUT2D eigenvalue weighted by Crippen LogP contribution is -2.38. The highest BCUT2D eigenvalue weighted by atomic mass is 35.5. The molecule has 1 N–H and O–H groups in total. The highest BCUT2D eigenvalue weighted by Gasteiger charge is 2.23. The fourth-order valence-electron chi connectivity index (χ4n) is 2.29. The van der Waals surface area contributed by atoms with Crippen LogP contribution in [0.15, 0.2) is 24.3 Å². The number of hydrogen-bond donors (Lipinski definition) is 1. The smallest absolute Gasteiger partial charge is 0.253 e. The molecule has 1 fully saturated rings. The Balaban J connectivity index is 0.00000200. The largest absolute Gasteiger partial charge is 0.491 e. The Morgan fingerprint density at radius 3 is 2.50 bits per heavy atom. The van der Waals surface area contributed by atoms with Gasteiger partial charge in [-0.1, -0.05) is 0 Å². The molecule has 0 spiro atoms. The number of likely N-dealkylation sites (N-methyl/N-ethyl adjacent to an activating group) is 1. The topological polar surface area (TPSA) is 41.6 Å². The molecule has 0 aromatic heterocycles. The van der Waals surface area contributed by atoms with Crippen molar-refractivity contribution in [2.75, 3.05) is 20.1 Å². The van der Waals surface area contributed by atoms with Gasteiger partial charge in [-0.2, -0.15) is 0 Å². The third-order valence-corrected chi connectivity index (χ3v) is 3.38. The number of ether oxygens (including phenoxy) is 1. The van der Waals surface area contributed by atoms with E-state index in [1.54, 1.807) is 0 Å². The number of carbonyl (C=O) groups is 1. The second-order valence-corrected chi connectivity index (χ2v) is 5.25. The van der Waals surface area contributed by atoms with Crippen molar-refractivity contribution in [3.63, 3.8) is 0 Å². The molecular formula is C15H23ClN2O2. The normalized spacial score (nSPS) is 17.7. The van der Waals surface area contributed by atoms with Crippen LogP contribution >= 0.6 is 12.4 Å². The van der Waals surface area contributed by atoms with Gasteiger partial charge in [0.2, 0.25) is 0 Å². The van der Waals surface area contributed by atoms with Gasteiger partial charge in [0.05, 0.1) is 6.10 Å². The maximum Gasteiger partial charge on any atom is 0.253 e. The van der Waals surface area contributed by atoms with Gasteiger partial charge in [0, 0.05) is 25.2 Å². The van der Waals surface area contributed by atoms with E-state index in [9.17, 15) is 4.79 Å². The van der Waals surface area contributed by atoms with Gasteiger partial charge in [0.1, 0.15) is 5.75 Å². The lowest BCUT2D eigenvalue weighted by Gasteiger charge is -2.23. The van der Waals surface area contributed by atoms with Crippen molar-refractivity contribution in [1.29, 1.82) is 0 Å². The highest BCUT2D eigenvalue weighted by Crippen LogP contribution is 2.16. The number of rotatable bonds is 4. The molecule has 1 saturated heterocycles. The maximum absolute atomic E-state index is 12.3. The Kier molecular flexibility index (Phi) is 6.30. The lowest BCUT2D eigenvalue weighted by molar-refractivity contribution is 0.0744. The van der Waals surface area contributed by atoms with E-state index in [0.29, 0.717) is 11.6 Å². The van der Waals surface area contributed by atoms with Crippen LogP contribution < -0.4 is 10.1 Å². The number of nitrogens with one attached hydrogen (secondary N) is 1. The fraction of sp³-hybridized carbons (Fsp3) is 0.533. The minimum absolute atomic E-state index is 0. The van der Waals surface area contributed by atoms with E-state index in [2.05, 4.69) is 5.32 Å². The molecule has 112 valence electrons. The van der Waals surface area contributed by atoms with Gasteiger partial charge in [0.25, 0.3) is 5.91 Å². The first-order valence-electron chi connectivity index (χ1n) is 6.82. The molecular weight excluding hydrogens is 276 g/mol. The first-order valence-corrected chi connectivity index (χ1v) is 6.82. The van der Waals surface area contributed by atoms with Crippen molar-refractivity contribution in [1.82, 2.24) is 10.2 Å². The molecule has 0 unspecified atom stereocenters. The van der Waals surface area contributed by atoms with Crippen molar-refractivity contribution in [3.05, 3.63) is 29.8 Å². The lowest BCUT2D eigenvalue weighted by atomic mass is 10.1. The number of amides is 1. The molecule has 0 aliphatic carbocycles. The highest BCUT2D eigenvalue weighted by molar-refractivity contribution is 5.94. The van der Waals surface area contributed by atoms with Crippen LogP contribution in [0.5, 0.6) is 5.75 Å². The molecule has 1 heterocycles. The summed E-state index contributed by atoms with van der Waals surface area (Å²) in [6.07, 6.45) is 1.17. The third kappa shape index (κ3) is 4.12. The average Bonchev–Trinajstić information content (AvgIpc) is 2.91. The van der Waals surface area contributed by atoms with Gasteiger partial charge in [0.15, 0.2) is 0 Å². The standard InChI is InChI=1S/C15H22N2O2.ClH/c1-11(2)19-14-6-4-12(5-7-14)15(18)17(3)13-8-9-16-10-13;/h4-7,11,13,16H,8-10H2,1-3H3;1H/t13-;/m0./s1. The van der Waals surface area contributed by atoms with Crippen LogP contribution in [-0.4, -0.2) is 43.1 Å². The first-order chi connectivity index (χ1) is 9.08. The Morgan fingerprint density at radius 1 is 1.35 bits per heavy atom. The van der Waals surface area contributed by atoms with Crippen LogP contribution in [0, 0.1) is 0 Å². The molecule has 0 radical (unpaired) electrons. The predicted octanol–water partition coefficient (Wildman–Crippen LogP) is 2.33. The van der Waals surface area contributed by atoms with Gasteiger partial charge in [-0.15, -0.1) is 12.4 Å². The van der Waals surface area contributed by atoms with Crippen LogP contribution in [0.25, 0.3) is 0 Å². The summed E-state index contributed by atoms with van der Waals surface area (Å²) in [6, 6.07) is 7.68. The molecule has 2 rings (SSSR count). The summed E-state index contributed by atoms with van der Waals surface area (Å²) in [5, 5.41) is 3.28. The summed E-state index contributed by atoms with van der Waals surface area (Å²) in [7, 11) is 1.87. The fourth-order valence-corrected chi connectivity index (χ4v) is 2.29. The number of carbonyl (C=O) groups excluding carboxylic acids is 1. The van der Waals surface area contributed by atoms with E-state index in [0.717, 1.165) is 25.3 Å². The van der Waals surface area contributed by atoms with E-state index in [1.807, 2.05) is 50.1 Å². The van der Waals surface area contributed by atoms with Gasteiger partial charge >= 0.3 is 0 Å². The first kappa shape index (κ1) is 16.8. The molecule has 1 atom stereocenters. The predicted molar refractivity (Wildman–Crippen MR) is 82.8 cm³/mol. The summed E-state index contributed by atoms with van der Waals surface area (Å²) in [5.74, 6) is 0.876. The second-order valence-electron chi connectivity index (χ2n) is 5.25. The maximum atomic E-state index is 12.3. The van der Waals surface area contributed by atoms with Crippen molar-refractivity contribution in [2.24, 2.45) is 0 Å². The third-order valence-electron chi connectivity index (χ3n) is 3.38. The quantitative estimate of drug-likeness (QED) is 0.927. The monoisotopic (exact) mass is 298 g/mol. The van der Waals surface area contributed by atoms with Crippen LogP contribution in [0.4, 0.5) is 0 Å². The Labute approximate surface area is 126 Å². The molecule has 4 nitrogen and oxygen atoms in total. The van der Waals surface area contributed by atoms with Crippen molar-refractivity contribution in [3.8, 4) is 5.75 Å². The van der Waals surface area contributed by atoms with Crippen molar-refractivity contribution in [2.45, 2.75) is 32.4 Å². The van der Waals surface area contributed by atoms with Crippen molar-refractivity contribution < 1.29 is 9.53 Å². The van der Waals surface area contributed by atoms with E-state index in [1.165, 1.54) is 0 Å². The summed E-state index contributed by atoms with van der Waals surface area (Å²) in [5.41, 5.74) is 0.713. The number of hydrogen-bond acceptors (Lipinski definition) is 3. The van der Waals surface area contributed by atoms with Crippen LogP contribution in [0.3, 0.4) is 0 Å². The molecule has 20 heavy (non-hydrogen) atoms. The van der Waals surface area contributed by atoms with Crippen LogP contribution in [0.2, 0.25) is 0 Å². The van der Waals surface area contributed by atoms with Gasteiger partial charge in [-0.3, -0.25) is 4.79 Å². The van der Waals surface area contributed by atoms with Gasteiger partial charge in [-0.05, 0) is 51.1 Å². The van der Waals surface area contributed by atoms with Crippen LogP contribution in [0.1, 0.15) is 30.6 Å². The van der Waals surface area contributed by atoms with Crippen LogP contribution in [-0.2, 0) is 0 Å². The Hall–Kier alpha value is -1.26. The molecule has 1 amide bonds. The van der Waals surface area contributed by atoms with Gasteiger partial charge in [-0.25, -0.2) is 0 Å².